The average Bonchev–Trinajstić information content (AvgIpc) is 3.05. The Balaban J connectivity index is 1.85. The van der Waals surface area contributed by atoms with Gasteiger partial charge in [-0.15, -0.1) is 0 Å². The molecule has 2 aromatic carbocycles. The lowest BCUT2D eigenvalue weighted by Crippen LogP contribution is -2.25. The maximum atomic E-state index is 13.3. The fourth-order valence-electron chi connectivity index (χ4n) is 3.19. The number of carbonyl (C=O) groups excluding carboxylic acids is 1. The molecule has 0 saturated carbocycles. The monoisotopic (exact) mass is 337 g/mol. The summed E-state index contributed by atoms with van der Waals surface area (Å²) in [6.07, 6.45) is 1.97. The van der Waals surface area contributed by atoms with E-state index in [1.165, 1.54) is 12.1 Å². The molecule has 1 atom stereocenters. The zero-order chi connectivity index (χ0) is 17.4. The molecule has 0 saturated heterocycles. The van der Waals surface area contributed by atoms with Crippen molar-refractivity contribution in [3.63, 3.8) is 0 Å². The van der Waals surface area contributed by atoms with E-state index in [1.807, 2.05) is 28.8 Å². The van der Waals surface area contributed by atoms with Gasteiger partial charge < -0.3 is 14.6 Å². The summed E-state index contributed by atoms with van der Waals surface area (Å²) in [5, 5.41) is 2.81. The summed E-state index contributed by atoms with van der Waals surface area (Å²) in [4.78, 5) is 16.4. The van der Waals surface area contributed by atoms with Crippen LogP contribution in [0.3, 0.4) is 0 Å². The number of hydrogen-bond donors (Lipinski definition) is 1. The minimum Gasteiger partial charge on any atom is -0.497 e. The highest BCUT2D eigenvalue weighted by Crippen LogP contribution is 2.38. The third-order valence-electron chi connectivity index (χ3n) is 4.39. The number of halogens is 1. The van der Waals surface area contributed by atoms with Crippen molar-refractivity contribution in [2.45, 2.75) is 12.3 Å². The number of anilines is 1. The molecule has 0 bridgehead atoms. The van der Waals surface area contributed by atoms with Crippen molar-refractivity contribution in [1.29, 1.82) is 0 Å². The second kappa shape index (κ2) is 6.05. The molecule has 1 aromatic heterocycles. The van der Waals surface area contributed by atoms with Crippen LogP contribution >= 0.6 is 0 Å². The molecule has 126 valence electrons. The van der Waals surface area contributed by atoms with Crippen molar-refractivity contribution in [2.75, 3.05) is 12.4 Å². The largest absolute Gasteiger partial charge is 0.497 e. The van der Waals surface area contributed by atoms with Crippen molar-refractivity contribution in [1.82, 2.24) is 9.55 Å². The summed E-state index contributed by atoms with van der Waals surface area (Å²) >= 11 is 0. The van der Waals surface area contributed by atoms with E-state index in [1.54, 1.807) is 25.6 Å². The molecule has 0 radical (unpaired) electrons. The molecule has 4 rings (SSSR count). The minimum atomic E-state index is -0.300. The number of nitrogens with one attached hydrogen (secondary N) is 1. The summed E-state index contributed by atoms with van der Waals surface area (Å²) in [7, 11) is 1.62. The van der Waals surface area contributed by atoms with Gasteiger partial charge in [0.25, 0.3) is 0 Å². The molecule has 0 fully saturated rings. The standard InChI is InChI=1S/C19H16FN3O2/c1-25-15-4-2-3-14(9-15)23-11-21-19-18(23)16(10-17(24)22-19)12-5-7-13(20)8-6-12/h2-9,11,16H,10H2,1H3,(H,22,24)/t16-/m1/s1. The van der Waals surface area contributed by atoms with E-state index < -0.39 is 0 Å². The van der Waals surface area contributed by atoms with Crippen molar-refractivity contribution in [2.24, 2.45) is 0 Å². The Bertz CT molecular complexity index is 934. The van der Waals surface area contributed by atoms with Crippen LogP contribution in [0.15, 0.2) is 54.9 Å². The summed E-state index contributed by atoms with van der Waals surface area (Å²) in [6, 6.07) is 13.9. The van der Waals surface area contributed by atoms with E-state index in [-0.39, 0.29) is 24.1 Å². The van der Waals surface area contributed by atoms with Gasteiger partial charge in [-0.25, -0.2) is 9.37 Å². The predicted octanol–water partition coefficient (Wildman–Crippen LogP) is 3.49. The number of benzene rings is 2. The topological polar surface area (TPSA) is 56.2 Å². The van der Waals surface area contributed by atoms with Gasteiger partial charge in [0, 0.05) is 18.4 Å². The van der Waals surface area contributed by atoms with Crippen LogP contribution in [0.4, 0.5) is 10.2 Å². The first-order valence-corrected chi connectivity index (χ1v) is 7.92. The number of aromatic nitrogens is 2. The number of nitrogens with zero attached hydrogens (tertiary/aromatic N) is 2. The van der Waals surface area contributed by atoms with Crippen LogP contribution in [-0.4, -0.2) is 22.6 Å². The van der Waals surface area contributed by atoms with Crippen LogP contribution < -0.4 is 10.1 Å². The van der Waals surface area contributed by atoms with Crippen LogP contribution in [0.2, 0.25) is 0 Å². The normalized spacial score (nSPS) is 16.2. The number of ether oxygens (including phenoxy) is 1. The van der Waals surface area contributed by atoms with Crippen LogP contribution in [0, 0.1) is 5.82 Å². The van der Waals surface area contributed by atoms with Crippen molar-refractivity contribution < 1.29 is 13.9 Å². The zero-order valence-corrected chi connectivity index (χ0v) is 13.6. The van der Waals surface area contributed by atoms with Gasteiger partial charge in [0.1, 0.15) is 17.9 Å². The fourth-order valence-corrected chi connectivity index (χ4v) is 3.19. The molecule has 0 spiro atoms. The molecule has 3 aromatic rings. The van der Waals surface area contributed by atoms with Crippen LogP contribution in [-0.2, 0) is 4.79 Å². The van der Waals surface area contributed by atoms with Gasteiger partial charge in [0.15, 0.2) is 5.82 Å². The molecule has 0 aliphatic carbocycles. The first-order valence-electron chi connectivity index (χ1n) is 7.92. The highest BCUT2D eigenvalue weighted by molar-refractivity contribution is 5.94. The van der Waals surface area contributed by atoms with Crippen LogP contribution in [0.1, 0.15) is 23.6 Å². The number of carbonyl (C=O) groups is 1. The first-order chi connectivity index (χ1) is 12.2. The Morgan fingerprint density at radius 3 is 2.80 bits per heavy atom. The Labute approximate surface area is 144 Å². The van der Waals surface area contributed by atoms with Gasteiger partial charge in [-0.3, -0.25) is 4.79 Å². The van der Waals surface area contributed by atoms with Gasteiger partial charge >= 0.3 is 0 Å². The van der Waals surface area contributed by atoms with E-state index in [9.17, 15) is 9.18 Å². The van der Waals surface area contributed by atoms with Gasteiger partial charge in [0.2, 0.25) is 5.91 Å². The van der Waals surface area contributed by atoms with Gasteiger partial charge in [-0.2, -0.15) is 0 Å². The second-order valence-corrected chi connectivity index (χ2v) is 5.91. The highest BCUT2D eigenvalue weighted by atomic mass is 19.1. The number of amides is 1. The Kier molecular flexibility index (Phi) is 3.72. The Hall–Kier alpha value is -3.15. The van der Waals surface area contributed by atoms with Crippen LogP contribution in [0.25, 0.3) is 5.69 Å². The Morgan fingerprint density at radius 1 is 1.24 bits per heavy atom. The van der Waals surface area contributed by atoms with Gasteiger partial charge in [-0.05, 0) is 29.8 Å². The number of imidazole rings is 1. The molecular weight excluding hydrogens is 321 g/mol. The van der Waals surface area contributed by atoms with E-state index in [2.05, 4.69) is 10.3 Å². The number of hydrogen-bond acceptors (Lipinski definition) is 3. The summed E-state index contributed by atoms with van der Waals surface area (Å²) in [5.41, 5.74) is 2.64. The molecule has 1 aliphatic rings. The van der Waals surface area contributed by atoms with Crippen molar-refractivity contribution >= 4 is 11.7 Å². The highest BCUT2D eigenvalue weighted by Gasteiger charge is 2.31. The summed E-state index contributed by atoms with van der Waals surface area (Å²) in [5.74, 6) is 0.674. The van der Waals surface area contributed by atoms with E-state index >= 15 is 0 Å². The van der Waals surface area contributed by atoms with Crippen molar-refractivity contribution in [3.8, 4) is 11.4 Å². The fraction of sp³-hybridized carbons (Fsp3) is 0.158. The predicted molar refractivity (Wildman–Crippen MR) is 91.6 cm³/mol. The summed E-state index contributed by atoms with van der Waals surface area (Å²) in [6.45, 7) is 0. The molecule has 6 heteroatoms. The minimum absolute atomic E-state index is 0.0993. The molecule has 5 nitrogen and oxygen atoms in total. The third-order valence-corrected chi connectivity index (χ3v) is 4.39. The zero-order valence-electron chi connectivity index (χ0n) is 13.6. The summed E-state index contributed by atoms with van der Waals surface area (Å²) < 4.78 is 20.5. The average molecular weight is 337 g/mol. The molecule has 0 unspecified atom stereocenters. The molecule has 1 amide bonds. The molecule has 1 N–H and O–H groups in total. The smallest absolute Gasteiger partial charge is 0.226 e. The van der Waals surface area contributed by atoms with Crippen LogP contribution in [0.5, 0.6) is 5.75 Å². The van der Waals surface area contributed by atoms with Gasteiger partial charge in [-0.1, -0.05) is 18.2 Å². The first kappa shape index (κ1) is 15.4. The lowest BCUT2D eigenvalue weighted by molar-refractivity contribution is -0.116. The number of methoxy groups -OCH3 is 1. The maximum Gasteiger partial charge on any atom is 0.226 e. The lowest BCUT2D eigenvalue weighted by atomic mass is 9.89. The van der Waals surface area contributed by atoms with E-state index in [0.717, 1.165) is 22.7 Å². The SMILES string of the molecule is COc1cccc(-n2cnc3c2[C@@H](c2ccc(F)cc2)CC(=O)N3)c1. The van der Waals surface area contributed by atoms with E-state index in [0.29, 0.717) is 5.82 Å². The third kappa shape index (κ3) is 2.76. The second-order valence-electron chi connectivity index (χ2n) is 5.91. The number of rotatable bonds is 3. The molecular formula is C19H16FN3O2. The molecule has 25 heavy (non-hydrogen) atoms. The van der Waals surface area contributed by atoms with E-state index in [4.69, 9.17) is 4.74 Å². The lowest BCUT2D eigenvalue weighted by Gasteiger charge is -2.24. The molecule has 1 aliphatic heterocycles. The maximum absolute atomic E-state index is 13.3. The Morgan fingerprint density at radius 2 is 2.04 bits per heavy atom. The quantitative estimate of drug-likeness (QED) is 0.796. The van der Waals surface area contributed by atoms with Crippen molar-refractivity contribution in [3.05, 3.63) is 71.9 Å². The molecule has 2 heterocycles. The number of fused-ring (bicyclic) bond motifs is 1. The van der Waals surface area contributed by atoms with Gasteiger partial charge in [0.05, 0.1) is 18.5 Å².